The van der Waals surface area contributed by atoms with Gasteiger partial charge >= 0.3 is 33.2 Å². The molecule has 499 valence electrons. The Hall–Kier alpha value is 0.0214. The number of para-hydroxylation sites is 2. The average molecular weight is 1720 g/mol. The molecule has 2 N–H and O–H groups in total. The van der Waals surface area contributed by atoms with Gasteiger partial charge in [0.1, 0.15) is 23.1 Å². The Labute approximate surface area is 733 Å². The van der Waals surface area contributed by atoms with Crippen LogP contribution in [0, 0.1) is 11.6 Å². The van der Waals surface area contributed by atoms with Gasteiger partial charge in [-0.05, 0) is 170 Å². The zero-order valence-corrected chi connectivity index (χ0v) is 74.9. The Balaban J connectivity index is 0.000000277. The summed E-state index contributed by atoms with van der Waals surface area (Å²) in [4.78, 5) is 37.8. The molecule has 9 aromatic rings. The molecule has 4 atom stereocenters. The molecule has 2 fully saturated rings. The number of aromatic nitrogens is 3. The molecule has 4 aliphatic rings. The third kappa shape index (κ3) is 24.8. The van der Waals surface area contributed by atoms with Crippen LogP contribution in [-0.4, -0.2) is 220 Å². The normalized spacial score (nSPS) is 15.2. The molecule has 0 amide bonds. The Bertz CT molecular complexity index is 4250. The first kappa shape index (κ1) is 88.4. The average Bonchev–Trinajstić information content (AvgIpc) is 1.54. The van der Waals surface area contributed by atoms with Gasteiger partial charge in [-0.25, -0.2) is 32.9 Å². The van der Waals surface area contributed by atoms with Crippen molar-refractivity contribution in [3.8, 4) is 22.8 Å². The monoisotopic (exact) mass is 1710 g/mol. The van der Waals surface area contributed by atoms with Gasteiger partial charge in [-0.1, -0.05) is 132 Å². The van der Waals surface area contributed by atoms with Gasteiger partial charge in [-0.15, -0.1) is 22.7 Å². The molecule has 2 aliphatic carbocycles. The Kier molecular flexibility index (Phi) is 37.3. The third-order valence-corrected chi connectivity index (χ3v) is 25.0. The molecule has 2 saturated carbocycles. The fraction of sp³-hybridized carbons (Fsp3) is 0.318. The van der Waals surface area contributed by atoms with E-state index in [1.165, 1.54) is 58.4 Å². The van der Waals surface area contributed by atoms with E-state index in [-0.39, 0.29) is 192 Å². The summed E-state index contributed by atoms with van der Waals surface area (Å²) in [5, 5.41) is 18.2. The van der Waals surface area contributed by atoms with Crippen molar-refractivity contribution >= 4 is 314 Å². The zero-order valence-electron chi connectivity index (χ0n) is 54.9. The van der Waals surface area contributed by atoms with Crippen molar-refractivity contribution in [3.63, 3.8) is 0 Å². The summed E-state index contributed by atoms with van der Waals surface area (Å²) in [6.07, 6.45) is 4.55. The van der Waals surface area contributed by atoms with E-state index in [4.69, 9.17) is 107 Å². The number of aliphatic carboxylic acids is 2. The number of nitrogens with zero attached hydrogens (tertiary/aromatic N) is 4. The Morgan fingerprint density at radius 1 is 0.646 bits per heavy atom. The van der Waals surface area contributed by atoms with E-state index in [0.29, 0.717) is 66.7 Å². The van der Waals surface area contributed by atoms with Crippen molar-refractivity contribution in [2.75, 3.05) is 13.3 Å². The maximum atomic E-state index is 14.9. The van der Waals surface area contributed by atoms with E-state index < -0.39 is 50.2 Å². The number of ether oxygens (including phenoxy) is 2. The molecule has 0 spiro atoms. The van der Waals surface area contributed by atoms with E-state index >= 15 is 0 Å². The molecule has 13 rings (SSSR count). The van der Waals surface area contributed by atoms with Crippen LogP contribution in [0.25, 0.3) is 33.2 Å². The predicted molar refractivity (Wildman–Crippen MR) is 392 cm³/mol. The number of hydrogen-bond donors (Lipinski definition) is 2. The number of carboxylic acid groups (broad SMARTS) is 2. The Morgan fingerprint density at radius 2 is 1.07 bits per heavy atom. The van der Waals surface area contributed by atoms with Gasteiger partial charge < -0.3 is 19.7 Å². The van der Waals surface area contributed by atoms with Crippen LogP contribution in [0.5, 0.6) is 11.5 Å². The van der Waals surface area contributed by atoms with Crippen LogP contribution in [-0.2, 0) is 50.0 Å². The van der Waals surface area contributed by atoms with Crippen LogP contribution < -0.4 is 20.3 Å². The number of thiophene rings is 2. The zero-order chi connectivity index (χ0) is 68.4. The molecule has 14 nitrogen and oxygen atoms in total. The van der Waals surface area contributed by atoms with Crippen LogP contribution in [0.3, 0.4) is 0 Å². The van der Waals surface area contributed by atoms with Gasteiger partial charge in [0.15, 0.2) is 0 Å². The van der Waals surface area contributed by atoms with Gasteiger partial charge in [0.05, 0.1) is 59.7 Å². The summed E-state index contributed by atoms with van der Waals surface area (Å²) in [6.45, 7) is 20.8. The molecule has 1 unspecified atom stereocenters. The van der Waals surface area contributed by atoms with E-state index in [1.807, 2.05) is 54.6 Å². The quantitative estimate of drug-likeness (QED) is 0.108. The minimum atomic E-state index is -1.55. The molecule has 6 heterocycles. The molecule has 2 aliphatic heterocycles. The summed E-state index contributed by atoms with van der Waals surface area (Å²) in [7, 11) is -2.11. The molecule has 0 bridgehead atoms. The minimum absolute atomic E-state index is 0. The SMILES string of the molecule is CC(=O)O.CC(=O)O.C[P@@](c1nc2ccccc2nc1[P@](C)C(C)(C)C)C(C)(C)C.Fc1cc(Cl)cc2c1-c1cc3cc(Cl)ccc3n1[C@H](c1ccc(C3CC3)s1)O2.Fc1cc(Cl)cc2c1C(Cc1cc(Cl)ccc1Br)=NC(c1ccc(C3CC3)s1)O2.O=[PH]=O.[K].[K].[K].[O]=[Pd]=[O]. The summed E-state index contributed by atoms with van der Waals surface area (Å²) in [5.41, 5.74) is 8.65. The summed E-state index contributed by atoms with van der Waals surface area (Å²) in [5.74, 6) is -0.250. The van der Waals surface area contributed by atoms with Crippen molar-refractivity contribution in [3.05, 3.63) is 182 Å². The van der Waals surface area contributed by atoms with Crippen molar-refractivity contribution in [1.29, 1.82) is 0 Å². The topological polar surface area (TPSA) is 204 Å². The van der Waals surface area contributed by atoms with Gasteiger partial charge in [0, 0.05) is 214 Å². The predicted octanol–water partition coefficient (Wildman–Crippen LogP) is 19.4. The molecule has 96 heavy (non-hydrogen) atoms. The van der Waals surface area contributed by atoms with Crippen LogP contribution in [0.15, 0.2) is 125 Å². The van der Waals surface area contributed by atoms with Crippen molar-refractivity contribution in [2.24, 2.45) is 4.99 Å². The van der Waals surface area contributed by atoms with Crippen LogP contribution >= 0.6 is 109 Å². The third-order valence-electron chi connectivity index (χ3n) is 14.7. The van der Waals surface area contributed by atoms with Crippen molar-refractivity contribution in [2.45, 2.75) is 122 Å². The van der Waals surface area contributed by atoms with E-state index in [0.717, 1.165) is 61.3 Å². The first-order valence-corrected chi connectivity index (χ1v) is 38.3. The number of hydrogen-bond acceptors (Lipinski definition) is 13. The second-order valence-electron chi connectivity index (χ2n) is 23.6. The van der Waals surface area contributed by atoms with Crippen LogP contribution in [0.1, 0.15) is 136 Å². The summed E-state index contributed by atoms with van der Waals surface area (Å²) >= 11 is 30.1. The molecule has 4 aromatic heterocycles. The number of carbonyl (C=O) groups is 2. The van der Waals surface area contributed by atoms with Crippen molar-refractivity contribution < 1.29 is 72.0 Å². The van der Waals surface area contributed by atoms with Crippen LogP contribution in [0.4, 0.5) is 8.78 Å². The standard InChI is InChI=1S/C22H15BrCl2FNOS.C22H14Cl2FNOS.C18H28N2P2.2C2H4O2.3K.HO2P.2O.Pd/c23-15-4-3-13(24)7-12(15)8-17-21-16(26)9-14(25)10-18(21)28-22(27-17)20-6-5-19(29-20)11-1-2-11;23-13-3-4-16-12(7-13)8-17-21-15(25)9-14(24)10-18(21)27-22(26(16)17)20-6-5-19(28-20)11-1-2-11;1-17(2,3)21(7)15-16(22(8)18(4,5)6)20-14-12-10-9-11-13(14)19-15;2*1-2(3)4;;;;1-3-2;;;/h3-7,9-11,22H,1-2,8H2;3-11,22H,1-2H2;9-12H,1-8H3;2*1H3,(H,3,4);;;;3H;;;/t;22-;21-,22-;;;;;;;;;/m.00........./s1. The van der Waals surface area contributed by atoms with Crippen LogP contribution in [0.2, 0.25) is 20.1 Å². The molecule has 5 aromatic carbocycles. The van der Waals surface area contributed by atoms with Crippen molar-refractivity contribution in [1.82, 2.24) is 14.5 Å². The number of benzene rings is 5. The molecular formula is C66H66BrCl4F2K3N4O10P3PdS2. The molecule has 3 radical (unpaired) electrons. The summed E-state index contributed by atoms with van der Waals surface area (Å²) in [6, 6.07) is 36.0. The second-order valence-corrected chi connectivity index (χ2v) is 34.7. The molecule has 30 heteroatoms. The van der Waals surface area contributed by atoms with E-state index in [2.05, 4.69) is 112 Å². The second kappa shape index (κ2) is 40.5. The number of carboxylic acids is 2. The Morgan fingerprint density at radius 3 is 1.55 bits per heavy atom. The number of fused-ring (bicyclic) bond motifs is 7. The number of rotatable bonds is 8. The van der Waals surface area contributed by atoms with E-state index in [1.54, 1.807) is 34.8 Å². The van der Waals surface area contributed by atoms with Gasteiger partial charge in [-0.2, -0.15) is 0 Å². The van der Waals surface area contributed by atoms with Gasteiger partial charge in [0.2, 0.25) is 12.5 Å². The number of aliphatic imine (C=N–C) groups is 1. The first-order valence-electron chi connectivity index (χ1n) is 28.7. The fourth-order valence-electron chi connectivity index (χ4n) is 9.54. The summed E-state index contributed by atoms with van der Waals surface area (Å²) < 4.78 is 78.7. The maximum absolute atomic E-state index is 14.9. The molecular weight excluding hydrogens is 1650 g/mol. The van der Waals surface area contributed by atoms with Gasteiger partial charge in [0.25, 0.3) is 11.9 Å². The van der Waals surface area contributed by atoms with E-state index in [9.17, 15) is 8.78 Å². The first-order chi connectivity index (χ1) is 43.9. The fourth-order valence-corrected chi connectivity index (χ4v) is 16.4. The van der Waals surface area contributed by atoms with Gasteiger partial charge in [-0.3, -0.25) is 14.2 Å². The molecule has 0 saturated heterocycles. The number of halogens is 7.